The first-order valence-electron chi connectivity index (χ1n) is 10.5. The van der Waals surface area contributed by atoms with Crippen LogP contribution in [0.25, 0.3) is 0 Å². The highest BCUT2D eigenvalue weighted by Gasteiger charge is 2.26. The Morgan fingerprint density at radius 2 is 1.90 bits per heavy atom. The van der Waals surface area contributed by atoms with E-state index in [9.17, 15) is 9.90 Å². The summed E-state index contributed by atoms with van der Waals surface area (Å²) in [5.74, 6) is 1.01. The van der Waals surface area contributed by atoms with E-state index in [1.165, 1.54) is 11.1 Å². The number of ketones is 1. The van der Waals surface area contributed by atoms with Crippen LogP contribution in [0.1, 0.15) is 41.8 Å². The molecule has 1 atom stereocenters. The van der Waals surface area contributed by atoms with Crippen LogP contribution in [0.4, 0.5) is 0 Å². The third-order valence-electron chi connectivity index (χ3n) is 5.51. The molecule has 29 heavy (non-hydrogen) atoms. The van der Waals surface area contributed by atoms with Crippen LogP contribution < -0.4 is 4.74 Å². The molecule has 0 aromatic heterocycles. The molecule has 1 N–H and O–H groups in total. The van der Waals surface area contributed by atoms with Crippen molar-refractivity contribution >= 4 is 5.78 Å². The summed E-state index contributed by atoms with van der Waals surface area (Å²) < 4.78 is 5.53. The van der Waals surface area contributed by atoms with Crippen molar-refractivity contribution in [2.75, 3.05) is 32.8 Å². The van der Waals surface area contributed by atoms with Crippen molar-refractivity contribution in [2.24, 2.45) is 0 Å². The maximum Gasteiger partial charge on any atom is 0.159 e. The number of aliphatic hydroxyl groups excluding tert-OH is 1. The van der Waals surface area contributed by atoms with Crippen molar-refractivity contribution in [3.8, 4) is 5.75 Å². The first kappa shape index (κ1) is 21.5. The van der Waals surface area contributed by atoms with Gasteiger partial charge in [0.25, 0.3) is 0 Å². The van der Waals surface area contributed by atoms with Crippen LogP contribution in [-0.2, 0) is 13.1 Å². The lowest BCUT2D eigenvalue weighted by atomic mass is 10.0. The number of carbonyl (C=O) groups is 1. The minimum atomic E-state index is 0.102. The number of piperazine rings is 1. The third-order valence-corrected chi connectivity index (χ3v) is 5.51. The van der Waals surface area contributed by atoms with E-state index in [1.807, 2.05) is 37.3 Å². The lowest BCUT2D eigenvalue weighted by Gasteiger charge is -2.41. The molecule has 0 amide bonds. The van der Waals surface area contributed by atoms with Crippen molar-refractivity contribution in [3.63, 3.8) is 0 Å². The van der Waals surface area contributed by atoms with Gasteiger partial charge in [0.15, 0.2) is 5.78 Å². The molecule has 2 aromatic rings. The molecule has 1 heterocycles. The van der Waals surface area contributed by atoms with Crippen molar-refractivity contribution in [1.29, 1.82) is 0 Å². The SMILES string of the molecule is CCOc1ccc(CN2CCN(Cc3cccc(C(C)=O)c3)CC2CCO)cc1. The molecule has 1 unspecified atom stereocenters. The molecule has 5 nitrogen and oxygen atoms in total. The van der Waals surface area contributed by atoms with Crippen molar-refractivity contribution < 1.29 is 14.6 Å². The molecule has 0 saturated carbocycles. The van der Waals surface area contributed by atoms with Crippen LogP contribution in [0.2, 0.25) is 0 Å². The van der Waals surface area contributed by atoms with Gasteiger partial charge in [-0.25, -0.2) is 0 Å². The number of aliphatic hydroxyl groups is 1. The van der Waals surface area contributed by atoms with E-state index < -0.39 is 0 Å². The highest BCUT2D eigenvalue weighted by Crippen LogP contribution is 2.20. The molecule has 0 bridgehead atoms. The van der Waals surface area contributed by atoms with Crippen LogP contribution in [-0.4, -0.2) is 59.6 Å². The van der Waals surface area contributed by atoms with Gasteiger partial charge in [0.05, 0.1) is 6.61 Å². The zero-order valence-electron chi connectivity index (χ0n) is 17.5. The van der Waals surface area contributed by atoms with Gasteiger partial charge in [0.2, 0.25) is 0 Å². The molecular weight excluding hydrogens is 364 g/mol. The zero-order valence-corrected chi connectivity index (χ0v) is 17.5. The van der Waals surface area contributed by atoms with Crippen LogP contribution in [0.5, 0.6) is 5.75 Å². The number of nitrogens with zero attached hydrogens (tertiary/aromatic N) is 2. The fraction of sp³-hybridized carbons (Fsp3) is 0.458. The monoisotopic (exact) mass is 396 g/mol. The minimum absolute atomic E-state index is 0.102. The van der Waals surface area contributed by atoms with E-state index in [4.69, 9.17) is 4.74 Å². The topological polar surface area (TPSA) is 53.0 Å². The quantitative estimate of drug-likeness (QED) is 0.659. The van der Waals surface area contributed by atoms with E-state index in [2.05, 4.69) is 28.0 Å². The fourth-order valence-corrected chi connectivity index (χ4v) is 3.97. The van der Waals surface area contributed by atoms with Crippen molar-refractivity contribution in [3.05, 3.63) is 65.2 Å². The van der Waals surface area contributed by atoms with Gasteiger partial charge in [-0.3, -0.25) is 14.6 Å². The summed E-state index contributed by atoms with van der Waals surface area (Å²) in [6.45, 7) is 9.03. The Morgan fingerprint density at radius 3 is 2.59 bits per heavy atom. The summed E-state index contributed by atoms with van der Waals surface area (Å²) in [5.41, 5.74) is 3.20. The lowest BCUT2D eigenvalue weighted by Crippen LogP contribution is -2.52. The molecule has 1 saturated heterocycles. The van der Waals surface area contributed by atoms with Gasteiger partial charge in [-0.15, -0.1) is 0 Å². The highest BCUT2D eigenvalue weighted by molar-refractivity contribution is 5.94. The number of ether oxygens (including phenoxy) is 1. The van der Waals surface area contributed by atoms with E-state index >= 15 is 0 Å². The second-order valence-corrected chi connectivity index (χ2v) is 7.71. The first-order chi connectivity index (χ1) is 14.1. The van der Waals surface area contributed by atoms with Gasteiger partial charge in [0.1, 0.15) is 5.75 Å². The molecule has 0 aliphatic carbocycles. The molecule has 0 radical (unpaired) electrons. The van der Waals surface area contributed by atoms with Gasteiger partial charge >= 0.3 is 0 Å². The molecule has 1 fully saturated rings. The van der Waals surface area contributed by atoms with Gasteiger partial charge in [-0.2, -0.15) is 0 Å². The molecule has 156 valence electrons. The molecule has 5 heteroatoms. The molecule has 1 aliphatic rings. The number of Topliss-reactive ketones (excluding diaryl/α,β-unsaturated/α-hetero) is 1. The Bertz CT molecular complexity index is 791. The Labute approximate surface area is 173 Å². The molecule has 1 aliphatic heterocycles. The summed E-state index contributed by atoms with van der Waals surface area (Å²) in [7, 11) is 0. The van der Waals surface area contributed by atoms with Crippen LogP contribution in [0.15, 0.2) is 48.5 Å². The fourth-order valence-electron chi connectivity index (χ4n) is 3.97. The van der Waals surface area contributed by atoms with E-state index in [0.29, 0.717) is 12.6 Å². The van der Waals surface area contributed by atoms with Crippen LogP contribution in [0.3, 0.4) is 0 Å². The predicted octanol–water partition coefficient (Wildman–Crippen LogP) is 3.36. The summed E-state index contributed by atoms with van der Waals surface area (Å²) >= 11 is 0. The molecule has 2 aromatic carbocycles. The maximum absolute atomic E-state index is 11.6. The summed E-state index contributed by atoms with van der Waals surface area (Å²) in [6.07, 6.45) is 0.765. The normalized spacial score (nSPS) is 18.0. The zero-order chi connectivity index (χ0) is 20.6. The number of rotatable bonds is 9. The smallest absolute Gasteiger partial charge is 0.159 e. The van der Waals surface area contributed by atoms with E-state index in [-0.39, 0.29) is 12.4 Å². The summed E-state index contributed by atoms with van der Waals surface area (Å²) in [6, 6.07) is 16.5. The van der Waals surface area contributed by atoms with Gasteiger partial charge < -0.3 is 9.84 Å². The Morgan fingerprint density at radius 1 is 1.10 bits per heavy atom. The van der Waals surface area contributed by atoms with Gasteiger partial charge in [-0.1, -0.05) is 30.3 Å². The Kier molecular flexibility index (Phi) is 7.81. The molecular formula is C24H32N2O3. The average Bonchev–Trinajstić information content (AvgIpc) is 2.72. The maximum atomic E-state index is 11.6. The van der Waals surface area contributed by atoms with Crippen molar-refractivity contribution in [2.45, 2.75) is 39.4 Å². The first-order valence-corrected chi connectivity index (χ1v) is 10.5. The average molecular weight is 397 g/mol. The second-order valence-electron chi connectivity index (χ2n) is 7.71. The molecule has 0 spiro atoms. The van der Waals surface area contributed by atoms with Gasteiger partial charge in [0, 0.05) is 50.9 Å². The lowest BCUT2D eigenvalue weighted by molar-refractivity contribution is 0.0499. The van der Waals surface area contributed by atoms with E-state index in [1.54, 1.807) is 6.92 Å². The Balaban J connectivity index is 1.61. The predicted molar refractivity (Wildman–Crippen MR) is 115 cm³/mol. The van der Waals surface area contributed by atoms with Crippen molar-refractivity contribution in [1.82, 2.24) is 9.80 Å². The van der Waals surface area contributed by atoms with Crippen LogP contribution >= 0.6 is 0 Å². The molecule has 3 rings (SSSR count). The number of hydrogen-bond donors (Lipinski definition) is 1. The summed E-state index contributed by atoms with van der Waals surface area (Å²) in [4.78, 5) is 16.5. The highest BCUT2D eigenvalue weighted by atomic mass is 16.5. The second kappa shape index (κ2) is 10.5. The standard InChI is InChI=1S/C24H32N2O3/c1-3-29-24-9-7-20(8-10-24)17-26-13-12-25(18-23(26)11-14-27)16-21-5-4-6-22(15-21)19(2)28/h4-10,15,23,27H,3,11-14,16-18H2,1-2H3. The summed E-state index contributed by atoms with van der Waals surface area (Å²) in [5, 5.41) is 9.57. The third kappa shape index (κ3) is 6.13. The minimum Gasteiger partial charge on any atom is -0.494 e. The van der Waals surface area contributed by atoms with Crippen LogP contribution in [0, 0.1) is 0 Å². The number of benzene rings is 2. The van der Waals surface area contributed by atoms with Gasteiger partial charge in [-0.05, 0) is 49.6 Å². The number of carbonyl (C=O) groups excluding carboxylic acids is 1. The largest absolute Gasteiger partial charge is 0.494 e. The Hall–Kier alpha value is -2.21. The van der Waals surface area contributed by atoms with E-state index in [0.717, 1.165) is 50.5 Å². The number of hydrogen-bond acceptors (Lipinski definition) is 5.